The Hall–Kier alpha value is -0.320. The molecule has 0 saturated carbocycles. The van der Waals surface area contributed by atoms with Crippen LogP contribution >= 0.6 is 16.1 Å². The average molecular weight is 137 g/mol. The molecule has 0 atom stereocenters. The van der Waals surface area contributed by atoms with Gasteiger partial charge in [-0.05, 0) is 10.4 Å². The largest absolute Gasteiger partial charge is 0.183 e. The van der Waals surface area contributed by atoms with Crippen molar-refractivity contribution in [3.8, 4) is 0 Å². The third kappa shape index (κ3) is 3.68. The van der Waals surface area contributed by atoms with Gasteiger partial charge < -0.3 is 0 Å². The normalized spacial score (nSPS) is 9.00. The molecule has 0 aromatic rings. The summed E-state index contributed by atoms with van der Waals surface area (Å²) in [5, 5.41) is 5.32. The number of nitrogens with one attached hydrogen (secondary N) is 1. The van der Waals surface area contributed by atoms with Crippen molar-refractivity contribution in [2.24, 2.45) is 14.6 Å². The molecule has 0 fully saturated rings. The lowest BCUT2D eigenvalue weighted by Crippen LogP contribution is -1.26. The Balaban J connectivity index is 2.92. The predicted octanol–water partition coefficient (Wildman–Crippen LogP) is 1.69. The van der Waals surface area contributed by atoms with Crippen LogP contribution in [0.3, 0.4) is 0 Å². The lowest BCUT2D eigenvalue weighted by atomic mass is 12.6. The van der Waals surface area contributed by atoms with E-state index >= 15 is 0 Å². The second-order valence-corrected chi connectivity index (χ2v) is 0.582. The topological polar surface area (TPSA) is 60.9 Å². The molecular weight excluding hydrogens is 136 g/mol. The van der Waals surface area contributed by atoms with Crippen molar-refractivity contribution in [3.63, 3.8) is 0 Å². The van der Waals surface area contributed by atoms with Gasteiger partial charge >= 0.3 is 0 Å². The first-order chi connectivity index (χ1) is 2.41. The fourth-order valence-electron chi connectivity index (χ4n) is 0.0169. The maximum atomic E-state index is 5.94. The highest BCUT2D eigenvalue weighted by Crippen LogP contribution is 1.81. The van der Waals surface area contributed by atoms with E-state index in [0.717, 1.165) is 0 Å². The summed E-state index contributed by atoms with van der Waals surface area (Å²) in [6.07, 6.45) is 0. The second kappa shape index (κ2) is 3.68. The fraction of sp³-hybridized carbons (Fsp3) is 0. The molecule has 4 nitrogen and oxygen atoms in total. The van der Waals surface area contributed by atoms with Crippen LogP contribution in [0.5, 0.6) is 0 Å². The van der Waals surface area contributed by atoms with Gasteiger partial charge in [0.15, 0.2) is 0 Å². The first-order valence-corrected chi connectivity index (χ1v) is 1.50. The average Bonchev–Trinajstić information content (AvgIpc) is 1.41. The summed E-state index contributed by atoms with van der Waals surface area (Å²) in [6, 6.07) is 0. The van der Waals surface area contributed by atoms with Gasteiger partial charge in [0.2, 0.25) is 0 Å². The zero-order valence-electron chi connectivity index (χ0n) is 2.22. The van der Waals surface area contributed by atoms with E-state index in [2.05, 4.69) is 30.7 Å². The molecule has 0 aliphatic carbocycles. The Morgan fingerprint density at radius 1 is 1.60 bits per heavy atom. The second-order valence-electron chi connectivity index (χ2n) is 0.265. The molecule has 0 aliphatic heterocycles. The number of hydrogen-bond acceptors (Lipinski definition) is 2. The highest BCUT2D eigenvalue weighted by molar-refractivity contribution is 9.08. The number of nitrogens with zero attached hydrogens (tertiary/aromatic N) is 3. The summed E-state index contributed by atoms with van der Waals surface area (Å²) < 4.78 is 2.94. The number of hydrogen-bond donors (Lipinski definition) is 1. The van der Waals surface area contributed by atoms with E-state index in [4.69, 9.17) is 5.53 Å². The Kier molecular flexibility index (Phi) is 3.44. The van der Waals surface area contributed by atoms with Crippen molar-refractivity contribution in [3.05, 3.63) is 0 Å². The highest BCUT2D eigenvalue weighted by atomic mass is 79.9. The van der Waals surface area contributed by atoms with Gasteiger partial charge in [-0.2, -0.15) is 5.53 Å². The van der Waals surface area contributed by atoms with Crippen molar-refractivity contribution >= 4 is 16.1 Å². The van der Waals surface area contributed by atoms with E-state index in [1.807, 2.05) is 0 Å². The standard InChI is InChI=1S/BrHN4/c1-3-5-4-2/h2H. The van der Waals surface area contributed by atoms with Crippen molar-refractivity contribution < 1.29 is 0 Å². The van der Waals surface area contributed by atoms with Crippen LogP contribution in [0.25, 0.3) is 0 Å². The van der Waals surface area contributed by atoms with Crippen LogP contribution in [0, 0.1) is 5.53 Å². The summed E-state index contributed by atoms with van der Waals surface area (Å²) in [6.45, 7) is 0. The zero-order valence-corrected chi connectivity index (χ0v) is 3.81. The van der Waals surface area contributed by atoms with E-state index in [0.29, 0.717) is 0 Å². The van der Waals surface area contributed by atoms with Crippen LogP contribution in [-0.4, -0.2) is 0 Å². The third-order valence-electron chi connectivity index (χ3n) is 0.0785. The van der Waals surface area contributed by atoms with Crippen molar-refractivity contribution in [1.29, 1.82) is 5.53 Å². The van der Waals surface area contributed by atoms with Crippen molar-refractivity contribution in [2.75, 3.05) is 0 Å². The minimum atomic E-state index is 2.52. The fourth-order valence-corrected chi connectivity index (χ4v) is 0.0878. The maximum Gasteiger partial charge on any atom is 0.102 e. The van der Waals surface area contributed by atoms with Gasteiger partial charge in [-0.3, -0.25) is 0 Å². The van der Waals surface area contributed by atoms with Gasteiger partial charge in [0, 0.05) is 0 Å². The summed E-state index contributed by atoms with van der Waals surface area (Å²) in [5.74, 6) is 0. The molecule has 0 aromatic heterocycles. The minimum absolute atomic E-state index is 2.52. The monoisotopic (exact) mass is 136 g/mol. The molecule has 0 amide bonds. The molecule has 0 bridgehead atoms. The number of rotatable bonds is 1. The van der Waals surface area contributed by atoms with Gasteiger partial charge in [-0.25, -0.2) is 0 Å². The molecule has 5 heavy (non-hydrogen) atoms. The number of halogens is 1. The minimum Gasteiger partial charge on any atom is -0.183 e. The van der Waals surface area contributed by atoms with E-state index in [-0.39, 0.29) is 0 Å². The molecule has 0 aromatic carbocycles. The van der Waals surface area contributed by atoms with Gasteiger partial charge in [-0.1, -0.05) is 4.14 Å². The van der Waals surface area contributed by atoms with Crippen molar-refractivity contribution in [2.45, 2.75) is 0 Å². The molecule has 0 unspecified atom stereocenters. The molecule has 0 radical (unpaired) electrons. The van der Waals surface area contributed by atoms with Gasteiger partial charge in [0.25, 0.3) is 0 Å². The molecule has 0 spiro atoms. The van der Waals surface area contributed by atoms with Gasteiger partial charge in [-0.15, -0.1) is 0 Å². The van der Waals surface area contributed by atoms with Gasteiger partial charge in [0.05, 0.1) is 0 Å². The van der Waals surface area contributed by atoms with Crippen LogP contribution in [0.2, 0.25) is 0 Å². The Morgan fingerprint density at radius 2 is 2.20 bits per heavy atom. The molecule has 5 heteroatoms. The molecule has 0 saturated heterocycles. The lowest BCUT2D eigenvalue weighted by molar-refractivity contribution is 0.935. The van der Waals surface area contributed by atoms with E-state index in [1.54, 1.807) is 0 Å². The molecule has 0 heterocycles. The summed E-state index contributed by atoms with van der Waals surface area (Å²) in [4.78, 5) is 0. The Labute approximate surface area is 37.1 Å². The first kappa shape index (κ1) is 4.68. The smallest absolute Gasteiger partial charge is 0.102 e. The highest BCUT2D eigenvalue weighted by Gasteiger charge is 1.46. The van der Waals surface area contributed by atoms with Crippen LogP contribution < -0.4 is 0 Å². The van der Waals surface area contributed by atoms with Crippen LogP contribution in [0.4, 0.5) is 0 Å². The molecule has 0 rings (SSSR count). The third-order valence-corrected chi connectivity index (χ3v) is 0.220. The van der Waals surface area contributed by atoms with Crippen LogP contribution in [0.15, 0.2) is 14.6 Å². The van der Waals surface area contributed by atoms with E-state index < -0.39 is 0 Å². The quantitative estimate of drug-likeness (QED) is 0.422. The summed E-state index contributed by atoms with van der Waals surface area (Å²) in [5.41, 5.74) is 5.94. The molecule has 28 valence electrons. The Morgan fingerprint density at radius 3 is 2.20 bits per heavy atom. The zero-order chi connectivity index (χ0) is 4.12. The molecule has 0 aliphatic rings. The summed E-state index contributed by atoms with van der Waals surface area (Å²) in [7, 11) is 0. The van der Waals surface area contributed by atoms with E-state index in [1.165, 1.54) is 0 Å². The summed E-state index contributed by atoms with van der Waals surface area (Å²) >= 11 is 2.55. The maximum absolute atomic E-state index is 5.94. The van der Waals surface area contributed by atoms with Crippen LogP contribution in [-0.2, 0) is 0 Å². The molecular formula is HBrN4. The Bertz CT molecular complexity index is 45.6. The predicted molar refractivity (Wildman–Crippen MR) is 18.9 cm³/mol. The lowest BCUT2D eigenvalue weighted by Gasteiger charge is -1.52. The molecule has 1 N–H and O–H groups in total. The van der Waals surface area contributed by atoms with Crippen LogP contribution in [0.1, 0.15) is 0 Å². The SMILES string of the molecule is N=NN=NBr. The van der Waals surface area contributed by atoms with Crippen molar-refractivity contribution in [1.82, 2.24) is 0 Å². The first-order valence-electron chi connectivity index (χ1n) is 0.793. The van der Waals surface area contributed by atoms with Gasteiger partial charge in [0.1, 0.15) is 16.1 Å². The van der Waals surface area contributed by atoms with E-state index in [9.17, 15) is 0 Å².